The summed E-state index contributed by atoms with van der Waals surface area (Å²) in [5, 5.41) is 0. The predicted octanol–water partition coefficient (Wildman–Crippen LogP) is 3.45. The molecule has 2 aromatic rings. The molecule has 1 saturated heterocycles. The van der Waals surface area contributed by atoms with E-state index in [2.05, 4.69) is 40.8 Å². The minimum atomic E-state index is -3.49. The normalized spacial score (nSPS) is 18.1. The summed E-state index contributed by atoms with van der Waals surface area (Å²) < 4.78 is 33.0. The maximum absolute atomic E-state index is 12.5. The molecule has 28 heavy (non-hydrogen) atoms. The van der Waals surface area contributed by atoms with E-state index in [4.69, 9.17) is 4.74 Å². The van der Waals surface area contributed by atoms with Crippen molar-refractivity contribution >= 4 is 10.0 Å². The summed E-state index contributed by atoms with van der Waals surface area (Å²) in [5.74, 6) is 0.977. The fourth-order valence-corrected chi connectivity index (χ4v) is 4.78. The minimum Gasteiger partial charge on any atom is -0.497 e. The van der Waals surface area contributed by atoms with Crippen molar-refractivity contribution in [2.45, 2.75) is 37.6 Å². The molecule has 0 aliphatic carbocycles. The van der Waals surface area contributed by atoms with E-state index in [0.717, 1.165) is 38.9 Å². The van der Waals surface area contributed by atoms with Gasteiger partial charge >= 0.3 is 0 Å². The van der Waals surface area contributed by atoms with Crippen LogP contribution in [0, 0.1) is 5.92 Å². The number of hydrogen-bond acceptors (Lipinski definition) is 4. The molecule has 0 bridgehead atoms. The van der Waals surface area contributed by atoms with Crippen molar-refractivity contribution in [3.8, 4) is 5.75 Å². The molecule has 1 aliphatic rings. The van der Waals surface area contributed by atoms with Crippen LogP contribution in [0.25, 0.3) is 0 Å². The first-order valence-corrected chi connectivity index (χ1v) is 11.4. The average molecular weight is 403 g/mol. The van der Waals surface area contributed by atoms with E-state index >= 15 is 0 Å². The molecule has 3 rings (SSSR count). The van der Waals surface area contributed by atoms with Crippen molar-refractivity contribution in [3.63, 3.8) is 0 Å². The van der Waals surface area contributed by atoms with Crippen molar-refractivity contribution in [2.75, 3.05) is 26.7 Å². The van der Waals surface area contributed by atoms with Gasteiger partial charge < -0.3 is 4.74 Å². The third-order valence-corrected chi connectivity index (χ3v) is 6.81. The van der Waals surface area contributed by atoms with Gasteiger partial charge in [-0.25, -0.2) is 13.1 Å². The number of nitrogens with zero attached hydrogens (tertiary/aromatic N) is 1. The average Bonchev–Trinajstić information content (AvgIpc) is 2.73. The smallest absolute Gasteiger partial charge is 0.240 e. The standard InChI is InChI=1S/C22H30N2O3S/c1-3-18-6-8-19(9-7-18)16-24-14-4-5-20(17-24)15-23-28(25,26)22-12-10-21(27-2)11-13-22/h6-13,20,23H,3-5,14-17H2,1-2H3/t20-/m0/s1. The Kier molecular flexibility index (Phi) is 7.10. The maximum atomic E-state index is 12.5. The molecule has 0 spiro atoms. The predicted molar refractivity (Wildman–Crippen MR) is 112 cm³/mol. The SMILES string of the molecule is CCc1ccc(CN2CCC[C@@H](CNS(=O)(=O)c3ccc(OC)cc3)C2)cc1. The van der Waals surface area contributed by atoms with E-state index in [0.29, 0.717) is 18.2 Å². The van der Waals surface area contributed by atoms with Crippen LogP contribution < -0.4 is 9.46 Å². The van der Waals surface area contributed by atoms with E-state index in [1.54, 1.807) is 31.4 Å². The zero-order chi connectivity index (χ0) is 20.0. The summed E-state index contributed by atoms with van der Waals surface area (Å²) in [6, 6.07) is 15.3. The van der Waals surface area contributed by atoms with E-state index in [1.807, 2.05) is 0 Å². The molecule has 5 nitrogen and oxygen atoms in total. The van der Waals surface area contributed by atoms with Gasteiger partial charge in [-0.3, -0.25) is 4.90 Å². The molecular weight excluding hydrogens is 372 g/mol. The number of aryl methyl sites for hydroxylation is 1. The number of nitrogens with one attached hydrogen (secondary N) is 1. The van der Waals surface area contributed by atoms with Gasteiger partial charge in [0, 0.05) is 19.6 Å². The lowest BCUT2D eigenvalue weighted by Crippen LogP contribution is -2.40. The van der Waals surface area contributed by atoms with Gasteiger partial charge in [-0.2, -0.15) is 0 Å². The van der Waals surface area contributed by atoms with Crippen LogP contribution >= 0.6 is 0 Å². The van der Waals surface area contributed by atoms with Gasteiger partial charge in [0.2, 0.25) is 10.0 Å². The number of sulfonamides is 1. The van der Waals surface area contributed by atoms with Crippen molar-refractivity contribution in [2.24, 2.45) is 5.92 Å². The van der Waals surface area contributed by atoms with Gasteiger partial charge in [0.25, 0.3) is 0 Å². The van der Waals surface area contributed by atoms with Crippen LogP contribution in [0.15, 0.2) is 53.4 Å². The van der Waals surface area contributed by atoms with Gasteiger partial charge in [-0.1, -0.05) is 31.2 Å². The maximum Gasteiger partial charge on any atom is 0.240 e. The number of benzene rings is 2. The van der Waals surface area contributed by atoms with Crippen LogP contribution in [-0.2, 0) is 23.0 Å². The second kappa shape index (κ2) is 9.54. The molecule has 2 aromatic carbocycles. The largest absolute Gasteiger partial charge is 0.497 e. The summed E-state index contributed by atoms with van der Waals surface area (Å²) in [7, 11) is -1.93. The van der Waals surface area contributed by atoms with Crippen molar-refractivity contribution < 1.29 is 13.2 Å². The fourth-order valence-electron chi connectivity index (χ4n) is 3.67. The highest BCUT2D eigenvalue weighted by molar-refractivity contribution is 7.89. The lowest BCUT2D eigenvalue weighted by Gasteiger charge is -2.32. The fraction of sp³-hybridized carbons (Fsp3) is 0.455. The monoisotopic (exact) mass is 402 g/mol. The van der Waals surface area contributed by atoms with Crippen molar-refractivity contribution in [1.29, 1.82) is 0 Å². The molecule has 1 N–H and O–H groups in total. The van der Waals surface area contributed by atoms with Crippen LogP contribution in [0.2, 0.25) is 0 Å². The topological polar surface area (TPSA) is 58.6 Å². The highest BCUT2D eigenvalue weighted by Gasteiger charge is 2.22. The summed E-state index contributed by atoms with van der Waals surface area (Å²) in [6.45, 7) is 5.54. The first-order chi connectivity index (χ1) is 13.5. The summed E-state index contributed by atoms with van der Waals surface area (Å²) in [5.41, 5.74) is 2.67. The Hall–Kier alpha value is -1.89. The quantitative estimate of drug-likeness (QED) is 0.735. The molecule has 6 heteroatoms. The van der Waals surface area contributed by atoms with Gasteiger partial charge in [-0.15, -0.1) is 0 Å². The minimum absolute atomic E-state index is 0.275. The van der Waals surface area contributed by atoms with Crippen LogP contribution in [0.5, 0.6) is 5.75 Å². The van der Waals surface area contributed by atoms with Gasteiger partial charge in [0.05, 0.1) is 12.0 Å². The Labute approximate surface area is 168 Å². The van der Waals surface area contributed by atoms with E-state index in [-0.39, 0.29) is 4.90 Å². The van der Waals surface area contributed by atoms with Crippen molar-refractivity contribution in [3.05, 3.63) is 59.7 Å². The van der Waals surface area contributed by atoms with Crippen LogP contribution in [-0.4, -0.2) is 40.1 Å². The highest BCUT2D eigenvalue weighted by Crippen LogP contribution is 2.20. The molecule has 1 heterocycles. The van der Waals surface area contributed by atoms with Crippen LogP contribution in [0.4, 0.5) is 0 Å². The number of ether oxygens (including phenoxy) is 1. The molecule has 0 aromatic heterocycles. The molecule has 1 aliphatic heterocycles. The second-order valence-corrected chi connectivity index (χ2v) is 9.21. The highest BCUT2D eigenvalue weighted by atomic mass is 32.2. The molecule has 0 unspecified atom stereocenters. The third-order valence-electron chi connectivity index (χ3n) is 5.37. The molecule has 1 fully saturated rings. The van der Waals surface area contributed by atoms with Gasteiger partial charge in [0.1, 0.15) is 5.75 Å². The molecule has 0 amide bonds. The van der Waals surface area contributed by atoms with E-state index in [9.17, 15) is 8.42 Å². The van der Waals surface area contributed by atoms with Crippen LogP contribution in [0.3, 0.4) is 0 Å². The van der Waals surface area contributed by atoms with Crippen LogP contribution in [0.1, 0.15) is 30.9 Å². The lowest BCUT2D eigenvalue weighted by atomic mass is 9.98. The molecule has 152 valence electrons. The Bertz CT molecular complexity index is 848. The second-order valence-electron chi connectivity index (χ2n) is 7.44. The number of rotatable bonds is 8. The molecular formula is C22H30N2O3S. The zero-order valence-corrected chi connectivity index (χ0v) is 17.5. The first-order valence-electron chi connectivity index (χ1n) is 9.94. The summed E-state index contributed by atoms with van der Waals surface area (Å²) >= 11 is 0. The molecule has 0 saturated carbocycles. The third kappa shape index (κ3) is 5.56. The van der Waals surface area contributed by atoms with Crippen molar-refractivity contribution in [1.82, 2.24) is 9.62 Å². The van der Waals surface area contributed by atoms with Gasteiger partial charge in [-0.05, 0) is 67.1 Å². The Morgan fingerprint density at radius 3 is 2.39 bits per heavy atom. The van der Waals surface area contributed by atoms with Gasteiger partial charge in [0.15, 0.2) is 0 Å². The summed E-state index contributed by atoms with van der Waals surface area (Å²) in [6.07, 6.45) is 3.21. The van der Waals surface area contributed by atoms with E-state index < -0.39 is 10.0 Å². The Balaban J connectivity index is 1.53. The molecule has 0 radical (unpaired) electrons. The lowest BCUT2D eigenvalue weighted by molar-refractivity contribution is 0.169. The number of methoxy groups -OCH3 is 1. The number of hydrogen-bond donors (Lipinski definition) is 1. The van der Waals surface area contributed by atoms with E-state index in [1.165, 1.54) is 11.1 Å². The first kappa shape index (κ1) is 20.8. The Morgan fingerprint density at radius 1 is 1.07 bits per heavy atom. The number of piperidine rings is 1. The molecule has 1 atom stereocenters. The summed E-state index contributed by atoms with van der Waals surface area (Å²) in [4.78, 5) is 2.70. The zero-order valence-electron chi connectivity index (χ0n) is 16.7. The Morgan fingerprint density at radius 2 is 1.75 bits per heavy atom. The number of likely N-dealkylation sites (tertiary alicyclic amines) is 1.